The standard InChI is InChI=1S/C13H9FN4/c1-18-7-16-6-11(18)9-5-17-10-3-2-8(4-15)13(14)12(9)10/h2-3,5-7,17H,1H3. The Hall–Kier alpha value is -2.61. The van der Waals surface area contributed by atoms with E-state index in [4.69, 9.17) is 5.26 Å². The van der Waals surface area contributed by atoms with Gasteiger partial charge in [0.1, 0.15) is 6.07 Å². The third-order valence-corrected chi connectivity index (χ3v) is 3.00. The average Bonchev–Trinajstić information content (AvgIpc) is 2.95. The SMILES string of the molecule is Cn1cncc1-c1c[nH]c2ccc(C#N)c(F)c12. The Bertz CT molecular complexity index is 776. The molecular weight excluding hydrogens is 231 g/mol. The Morgan fingerprint density at radius 3 is 2.94 bits per heavy atom. The molecule has 0 atom stereocenters. The largest absolute Gasteiger partial charge is 0.360 e. The Balaban J connectivity index is 2.39. The van der Waals surface area contributed by atoms with Crippen LogP contribution < -0.4 is 0 Å². The molecular formula is C13H9FN4. The Kier molecular flexibility index (Phi) is 2.17. The third-order valence-electron chi connectivity index (χ3n) is 3.00. The van der Waals surface area contributed by atoms with Gasteiger partial charge in [-0.25, -0.2) is 9.37 Å². The van der Waals surface area contributed by atoms with Crippen LogP contribution in [0.1, 0.15) is 5.56 Å². The van der Waals surface area contributed by atoms with Crippen LogP contribution in [0.5, 0.6) is 0 Å². The molecule has 88 valence electrons. The summed E-state index contributed by atoms with van der Waals surface area (Å²) in [7, 11) is 1.84. The van der Waals surface area contributed by atoms with Crippen LogP contribution in [0.4, 0.5) is 4.39 Å². The highest BCUT2D eigenvalue weighted by molar-refractivity contribution is 5.95. The van der Waals surface area contributed by atoms with Gasteiger partial charge in [-0.2, -0.15) is 5.26 Å². The van der Waals surface area contributed by atoms with Gasteiger partial charge in [-0.15, -0.1) is 0 Å². The monoisotopic (exact) mass is 240 g/mol. The first-order valence-electron chi connectivity index (χ1n) is 5.38. The molecule has 1 aromatic carbocycles. The van der Waals surface area contributed by atoms with Crippen molar-refractivity contribution in [1.29, 1.82) is 5.26 Å². The number of hydrogen-bond acceptors (Lipinski definition) is 2. The van der Waals surface area contributed by atoms with Crippen molar-refractivity contribution in [1.82, 2.24) is 14.5 Å². The summed E-state index contributed by atoms with van der Waals surface area (Å²) in [6.45, 7) is 0. The van der Waals surface area contributed by atoms with Gasteiger partial charge in [-0.3, -0.25) is 0 Å². The number of fused-ring (bicyclic) bond motifs is 1. The zero-order valence-electron chi connectivity index (χ0n) is 9.61. The molecule has 0 aliphatic carbocycles. The van der Waals surface area contributed by atoms with E-state index in [0.29, 0.717) is 16.5 Å². The summed E-state index contributed by atoms with van der Waals surface area (Å²) < 4.78 is 16.0. The van der Waals surface area contributed by atoms with Gasteiger partial charge >= 0.3 is 0 Å². The fraction of sp³-hybridized carbons (Fsp3) is 0.0769. The van der Waals surface area contributed by atoms with Crippen LogP contribution >= 0.6 is 0 Å². The van der Waals surface area contributed by atoms with Gasteiger partial charge in [-0.05, 0) is 12.1 Å². The predicted octanol–water partition coefficient (Wildman–Crippen LogP) is 2.58. The summed E-state index contributed by atoms with van der Waals surface area (Å²) >= 11 is 0. The van der Waals surface area contributed by atoms with Gasteiger partial charge in [0, 0.05) is 29.7 Å². The van der Waals surface area contributed by atoms with E-state index < -0.39 is 5.82 Å². The highest BCUT2D eigenvalue weighted by Gasteiger charge is 2.15. The molecule has 0 spiro atoms. The smallest absolute Gasteiger partial charge is 0.150 e. The van der Waals surface area contributed by atoms with Crippen molar-refractivity contribution < 1.29 is 4.39 Å². The number of aromatic nitrogens is 3. The molecule has 5 heteroatoms. The minimum absolute atomic E-state index is 0.0468. The molecule has 0 unspecified atom stereocenters. The maximum Gasteiger partial charge on any atom is 0.150 e. The first-order chi connectivity index (χ1) is 8.72. The zero-order chi connectivity index (χ0) is 12.7. The molecule has 2 heterocycles. The summed E-state index contributed by atoms with van der Waals surface area (Å²) in [6, 6.07) is 5.03. The van der Waals surface area contributed by atoms with Crippen LogP contribution in [0.15, 0.2) is 30.9 Å². The fourth-order valence-corrected chi connectivity index (χ4v) is 2.09. The molecule has 1 N–H and O–H groups in total. The molecule has 0 saturated heterocycles. The maximum atomic E-state index is 14.2. The molecule has 0 radical (unpaired) electrons. The van der Waals surface area contributed by atoms with E-state index in [1.165, 1.54) is 6.07 Å². The minimum atomic E-state index is -0.493. The summed E-state index contributed by atoms with van der Waals surface area (Å²) in [5, 5.41) is 9.30. The van der Waals surface area contributed by atoms with Gasteiger partial charge in [0.25, 0.3) is 0 Å². The zero-order valence-corrected chi connectivity index (χ0v) is 9.61. The van der Waals surface area contributed by atoms with Crippen molar-refractivity contribution in [2.24, 2.45) is 7.05 Å². The lowest BCUT2D eigenvalue weighted by molar-refractivity contribution is 0.636. The molecule has 0 bridgehead atoms. The maximum absolute atomic E-state index is 14.2. The second kappa shape index (κ2) is 3.70. The number of imidazole rings is 1. The molecule has 0 aliphatic rings. The van der Waals surface area contributed by atoms with Gasteiger partial charge in [0.15, 0.2) is 5.82 Å². The number of rotatable bonds is 1. The molecule has 2 aromatic heterocycles. The van der Waals surface area contributed by atoms with E-state index in [1.807, 2.05) is 13.1 Å². The summed E-state index contributed by atoms with van der Waals surface area (Å²) in [4.78, 5) is 7.02. The van der Waals surface area contributed by atoms with Gasteiger partial charge in [-0.1, -0.05) is 0 Å². The van der Waals surface area contributed by atoms with Crippen LogP contribution in [-0.4, -0.2) is 14.5 Å². The van der Waals surface area contributed by atoms with Crippen molar-refractivity contribution in [2.75, 3.05) is 0 Å². The van der Waals surface area contributed by atoms with E-state index in [-0.39, 0.29) is 5.56 Å². The third kappa shape index (κ3) is 1.32. The Morgan fingerprint density at radius 1 is 1.44 bits per heavy atom. The van der Waals surface area contributed by atoms with Crippen molar-refractivity contribution in [2.45, 2.75) is 0 Å². The number of benzene rings is 1. The molecule has 0 aliphatic heterocycles. The van der Waals surface area contributed by atoms with E-state index in [2.05, 4.69) is 9.97 Å². The summed E-state index contributed by atoms with van der Waals surface area (Å²) in [6.07, 6.45) is 5.05. The molecule has 0 amide bonds. The number of nitriles is 1. The average molecular weight is 240 g/mol. The summed E-state index contributed by atoms with van der Waals surface area (Å²) in [5.41, 5.74) is 2.23. The number of halogens is 1. The molecule has 0 fully saturated rings. The Morgan fingerprint density at radius 2 is 2.28 bits per heavy atom. The fourth-order valence-electron chi connectivity index (χ4n) is 2.09. The van der Waals surface area contributed by atoms with Crippen molar-refractivity contribution in [3.05, 3.63) is 42.2 Å². The number of nitrogens with zero attached hydrogens (tertiary/aromatic N) is 3. The number of hydrogen-bond donors (Lipinski definition) is 1. The lowest BCUT2D eigenvalue weighted by Gasteiger charge is -2.02. The minimum Gasteiger partial charge on any atom is -0.360 e. The van der Waals surface area contributed by atoms with E-state index >= 15 is 0 Å². The molecule has 3 rings (SSSR count). The van der Waals surface area contributed by atoms with Gasteiger partial charge < -0.3 is 9.55 Å². The lowest BCUT2D eigenvalue weighted by Crippen LogP contribution is -1.90. The molecule has 3 aromatic rings. The lowest BCUT2D eigenvalue weighted by atomic mass is 10.1. The highest BCUT2D eigenvalue weighted by atomic mass is 19.1. The topological polar surface area (TPSA) is 57.4 Å². The number of H-pyrrole nitrogens is 1. The highest BCUT2D eigenvalue weighted by Crippen LogP contribution is 2.31. The van der Waals surface area contributed by atoms with Gasteiger partial charge in [0.2, 0.25) is 0 Å². The van der Waals surface area contributed by atoms with E-state index in [9.17, 15) is 4.39 Å². The van der Waals surface area contributed by atoms with Crippen LogP contribution in [0.2, 0.25) is 0 Å². The Labute approximate surface area is 102 Å². The quantitative estimate of drug-likeness (QED) is 0.710. The number of aromatic amines is 1. The second-order valence-corrected chi connectivity index (χ2v) is 4.05. The second-order valence-electron chi connectivity index (χ2n) is 4.05. The van der Waals surface area contributed by atoms with Crippen molar-refractivity contribution >= 4 is 10.9 Å². The first-order valence-corrected chi connectivity index (χ1v) is 5.38. The first kappa shape index (κ1) is 10.5. The number of aryl methyl sites for hydroxylation is 1. The van der Waals surface area contributed by atoms with Crippen LogP contribution in [0.25, 0.3) is 22.2 Å². The van der Waals surface area contributed by atoms with Crippen LogP contribution in [0, 0.1) is 17.1 Å². The molecule has 18 heavy (non-hydrogen) atoms. The normalized spacial score (nSPS) is 10.7. The predicted molar refractivity (Wildman–Crippen MR) is 65.2 cm³/mol. The van der Waals surface area contributed by atoms with Crippen molar-refractivity contribution in [3.63, 3.8) is 0 Å². The van der Waals surface area contributed by atoms with Crippen LogP contribution in [0.3, 0.4) is 0 Å². The van der Waals surface area contributed by atoms with Crippen molar-refractivity contribution in [3.8, 4) is 17.3 Å². The van der Waals surface area contributed by atoms with E-state index in [0.717, 1.165) is 5.69 Å². The molecule has 4 nitrogen and oxygen atoms in total. The summed E-state index contributed by atoms with van der Waals surface area (Å²) in [5.74, 6) is -0.493. The van der Waals surface area contributed by atoms with Gasteiger partial charge in [0.05, 0.1) is 23.8 Å². The number of nitrogens with one attached hydrogen (secondary N) is 1. The van der Waals surface area contributed by atoms with Crippen LogP contribution in [-0.2, 0) is 7.05 Å². The molecule has 0 saturated carbocycles. The van der Waals surface area contributed by atoms with E-state index in [1.54, 1.807) is 29.4 Å².